The van der Waals surface area contributed by atoms with Crippen molar-refractivity contribution >= 4 is 39.8 Å². The molecule has 0 radical (unpaired) electrons. The molecule has 21 heavy (non-hydrogen) atoms. The average molecular weight is 298 g/mol. The minimum Gasteiger partial charge on any atom is -0.354 e. The van der Waals surface area contributed by atoms with Gasteiger partial charge in [0.2, 0.25) is 0 Å². The van der Waals surface area contributed by atoms with E-state index in [1.54, 1.807) is 0 Å². The van der Waals surface area contributed by atoms with E-state index in [2.05, 4.69) is 52.2 Å². The topological polar surface area (TPSA) is 31.7 Å². The second kappa shape index (κ2) is 5.90. The number of piperazine rings is 1. The summed E-state index contributed by atoms with van der Waals surface area (Å²) in [5.74, 6) is 1.07. The summed E-state index contributed by atoms with van der Waals surface area (Å²) in [5.41, 5.74) is 3.05. The molecule has 0 spiro atoms. The molecule has 0 saturated carbocycles. The number of anilines is 1. The SMILES string of the molecule is Cc1cc(N2CCN(C)CC2)nc2ccc(N=C=S)cc12. The molecule has 0 unspecified atom stereocenters. The fraction of sp³-hybridized carbons (Fsp3) is 0.375. The standard InChI is InChI=1S/C16H18N4S/c1-12-9-16(20-7-5-19(2)6-8-20)18-15-4-3-13(17-11-21)10-14(12)15/h3-4,9-10H,5-8H2,1-2H3. The van der Waals surface area contributed by atoms with Gasteiger partial charge in [-0.25, -0.2) is 4.98 Å². The Kier molecular flexibility index (Phi) is 3.97. The lowest BCUT2D eigenvalue weighted by molar-refractivity contribution is 0.312. The molecule has 2 heterocycles. The number of aryl methyl sites for hydroxylation is 1. The molecule has 0 atom stereocenters. The Hall–Kier alpha value is -1.81. The predicted octanol–water partition coefficient (Wildman–Crippen LogP) is 3.03. The van der Waals surface area contributed by atoms with Gasteiger partial charge in [0, 0.05) is 31.6 Å². The maximum absolute atomic E-state index is 4.81. The van der Waals surface area contributed by atoms with E-state index in [0.29, 0.717) is 0 Å². The van der Waals surface area contributed by atoms with Crippen LogP contribution < -0.4 is 4.90 Å². The molecule has 0 bridgehead atoms. The summed E-state index contributed by atoms with van der Waals surface area (Å²) >= 11 is 4.66. The number of nitrogens with zero attached hydrogens (tertiary/aromatic N) is 4. The largest absolute Gasteiger partial charge is 0.354 e. The molecule has 1 aromatic carbocycles. The van der Waals surface area contributed by atoms with E-state index in [4.69, 9.17) is 4.98 Å². The molecule has 0 aliphatic carbocycles. The molecule has 1 fully saturated rings. The lowest BCUT2D eigenvalue weighted by Crippen LogP contribution is -2.44. The van der Waals surface area contributed by atoms with Crippen molar-refractivity contribution in [2.45, 2.75) is 6.92 Å². The molecule has 0 N–H and O–H groups in total. The van der Waals surface area contributed by atoms with Crippen molar-refractivity contribution < 1.29 is 0 Å². The Labute approximate surface area is 130 Å². The molecule has 1 saturated heterocycles. The summed E-state index contributed by atoms with van der Waals surface area (Å²) < 4.78 is 0. The second-order valence-corrected chi connectivity index (χ2v) is 5.67. The van der Waals surface area contributed by atoms with Gasteiger partial charge in [0.25, 0.3) is 0 Å². The summed E-state index contributed by atoms with van der Waals surface area (Å²) in [6.45, 7) is 6.35. The van der Waals surface area contributed by atoms with Gasteiger partial charge in [-0.3, -0.25) is 0 Å². The number of likely N-dealkylation sites (N-methyl/N-ethyl adjacent to an activating group) is 1. The van der Waals surface area contributed by atoms with E-state index in [9.17, 15) is 0 Å². The normalized spacial score (nSPS) is 16.0. The van der Waals surface area contributed by atoms with Crippen LogP contribution in [0.5, 0.6) is 0 Å². The molecule has 3 rings (SSSR count). The van der Waals surface area contributed by atoms with E-state index in [1.165, 1.54) is 5.56 Å². The molecule has 4 nitrogen and oxygen atoms in total. The highest BCUT2D eigenvalue weighted by atomic mass is 32.1. The van der Waals surface area contributed by atoms with Crippen LogP contribution in [-0.4, -0.2) is 48.3 Å². The van der Waals surface area contributed by atoms with Gasteiger partial charge >= 0.3 is 0 Å². The number of isothiocyanates is 1. The molecule has 0 amide bonds. The Balaban J connectivity index is 1.99. The number of aliphatic imine (C=N–C) groups is 1. The van der Waals surface area contributed by atoms with Crippen molar-refractivity contribution in [1.82, 2.24) is 9.88 Å². The minimum absolute atomic E-state index is 0.828. The number of pyridine rings is 1. The third-order valence-electron chi connectivity index (χ3n) is 3.99. The zero-order chi connectivity index (χ0) is 14.8. The Bertz CT molecular complexity index is 714. The second-order valence-electron chi connectivity index (χ2n) is 5.49. The predicted molar refractivity (Wildman–Crippen MR) is 90.9 cm³/mol. The first-order valence-corrected chi connectivity index (χ1v) is 7.51. The molecule has 5 heteroatoms. The maximum Gasteiger partial charge on any atom is 0.129 e. The fourth-order valence-electron chi connectivity index (χ4n) is 2.68. The van der Waals surface area contributed by atoms with Crippen molar-refractivity contribution in [3.63, 3.8) is 0 Å². The number of thiocarbonyl (C=S) groups is 1. The third-order valence-corrected chi connectivity index (χ3v) is 4.08. The van der Waals surface area contributed by atoms with Crippen LogP contribution in [-0.2, 0) is 0 Å². The fourth-order valence-corrected chi connectivity index (χ4v) is 2.79. The molecule has 2 aromatic rings. The van der Waals surface area contributed by atoms with Gasteiger partial charge in [0.1, 0.15) is 5.82 Å². The summed E-state index contributed by atoms with van der Waals surface area (Å²) in [5, 5.41) is 3.53. The number of hydrogen-bond acceptors (Lipinski definition) is 5. The number of benzene rings is 1. The average Bonchev–Trinajstić information content (AvgIpc) is 2.49. The van der Waals surface area contributed by atoms with E-state index in [0.717, 1.165) is 48.6 Å². The van der Waals surface area contributed by atoms with Gasteiger partial charge in [0.15, 0.2) is 0 Å². The van der Waals surface area contributed by atoms with E-state index < -0.39 is 0 Å². The van der Waals surface area contributed by atoms with Crippen LogP contribution in [0.25, 0.3) is 10.9 Å². The van der Waals surface area contributed by atoms with Crippen molar-refractivity contribution in [3.05, 3.63) is 29.8 Å². The number of aromatic nitrogens is 1. The lowest BCUT2D eigenvalue weighted by atomic mass is 10.1. The van der Waals surface area contributed by atoms with Gasteiger partial charge in [-0.15, -0.1) is 0 Å². The van der Waals surface area contributed by atoms with Crippen molar-refractivity contribution in [2.75, 3.05) is 38.1 Å². The monoisotopic (exact) mass is 298 g/mol. The summed E-state index contributed by atoms with van der Waals surface area (Å²) in [4.78, 5) is 13.5. The van der Waals surface area contributed by atoms with Crippen molar-refractivity contribution in [2.24, 2.45) is 4.99 Å². The van der Waals surface area contributed by atoms with Crippen LogP contribution in [0.2, 0.25) is 0 Å². The van der Waals surface area contributed by atoms with Crippen molar-refractivity contribution in [1.29, 1.82) is 0 Å². The van der Waals surface area contributed by atoms with Crippen molar-refractivity contribution in [3.8, 4) is 0 Å². The smallest absolute Gasteiger partial charge is 0.129 e. The molecular weight excluding hydrogens is 280 g/mol. The summed E-state index contributed by atoms with van der Waals surface area (Å²) in [6.07, 6.45) is 0. The van der Waals surface area contributed by atoms with Crippen LogP contribution in [0.3, 0.4) is 0 Å². The highest BCUT2D eigenvalue weighted by Gasteiger charge is 2.16. The first-order valence-electron chi connectivity index (χ1n) is 7.10. The zero-order valence-electron chi connectivity index (χ0n) is 12.3. The molecule has 1 aromatic heterocycles. The van der Waals surface area contributed by atoms with Gasteiger partial charge in [-0.2, -0.15) is 4.99 Å². The van der Waals surface area contributed by atoms with Crippen LogP contribution in [0, 0.1) is 6.92 Å². The summed E-state index contributed by atoms with van der Waals surface area (Å²) in [7, 11) is 2.16. The zero-order valence-corrected chi connectivity index (χ0v) is 13.2. The first-order chi connectivity index (χ1) is 10.2. The van der Waals surface area contributed by atoms with E-state index in [-0.39, 0.29) is 0 Å². The number of fused-ring (bicyclic) bond motifs is 1. The molecule has 1 aliphatic rings. The molecule has 108 valence electrons. The number of rotatable bonds is 2. The Morgan fingerprint density at radius 2 is 1.95 bits per heavy atom. The minimum atomic E-state index is 0.828. The lowest BCUT2D eigenvalue weighted by Gasteiger charge is -2.33. The van der Waals surface area contributed by atoms with E-state index in [1.807, 2.05) is 18.2 Å². The summed E-state index contributed by atoms with van der Waals surface area (Å²) in [6, 6.07) is 8.12. The maximum atomic E-state index is 4.81. The van der Waals surface area contributed by atoms with Crippen LogP contribution in [0.4, 0.5) is 11.5 Å². The highest BCUT2D eigenvalue weighted by molar-refractivity contribution is 7.78. The van der Waals surface area contributed by atoms with Crippen LogP contribution in [0.1, 0.15) is 5.56 Å². The van der Waals surface area contributed by atoms with Gasteiger partial charge in [0.05, 0.1) is 16.4 Å². The first kappa shape index (κ1) is 14.1. The molecule has 1 aliphatic heterocycles. The van der Waals surface area contributed by atoms with E-state index >= 15 is 0 Å². The third kappa shape index (κ3) is 2.95. The number of hydrogen-bond donors (Lipinski definition) is 0. The Morgan fingerprint density at radius 1 is 1.19 bits per heavy atom. The molecular formula is C16H18N4S. The van der Waals surface area contributed by atoms with Crippen LogP contribution >= 0.6 is 12.2 Å². The highest BCUT2D eigenvalue weighted by Crippen LogP contribution is 2.26. The quantitative estimate of drug-likeness (QED) is 0.630. The Morgan fingerprint density at radius 3 is 2.67 bits per heavy atom. The van der Waals surface area contributed by atoms with Gasteiger partial charge in [-0.1, -0.05) is 0 Å². The van der Waals surface area contributed by atoms with Gasteiger partial charge in [-0.05, 0) is 56.0 Å². The van der Waals surface area contributed by atoms with Gasteiger partial charge < -0.3 is 9.80 Å². The van der Waals surface area contributed by atoms with Crippen LogP contribution in [0.15, 0.2) is 29.3 Å².